The van der Waals surface area contributed by atoms with Crippen LogP contribution in [-0.4, -0.2) is 27.8 Å². The van der Waals surface area contributed by atoms with Crippen molar-refractivity contribution < 1.29 is 14.3 Å². The van der Waals surface area contributed by atoms with E-state index in [4.69, 9.17) is 0 Å². The Morgan fingerprint density at radius 1 is 1.07 bits per heavy atom. The van der Waals surface area contributed by atoms with Gasteiger partial charge < -0.3 is 10.4 Å². The molecule has 4 aromatic rings. The second-order valence-corrected chi connectivity index (χ2v) is 6.50. The molecular weight excluding hydrogens is 357 g/mol. The number of aromatic amines is 1. The molecule has 0 bridgehead atoms. The maximum Gasteiger partial charge on any atom is 0.255 e. The number of carbonyl (C=O) groups excluding carboxylic acids is 1. The highest BCUT2D eigenvalue weighted by Gasteiger charge is 2.17. The number of aliphatic hydroxyl groups is 1. The van der Waals surface area contributed by atoms with Gasteiger partial charge in [-0.05, 0) is 46.7 Å². The van der Waals surface area contributed by atoms with Gasteiger partial charge in [0.15, 0.2) is 0 Å². The van der Waals surface area contributed by atoms with Gasteiger partial charge in [0.25, 0.3) is 5.91 Å². The second-order valence-electron chi connectivity index (χ2n) is 6.50. The lowest BCUT2D eigenvalue weighted by atomic mass is 10.0. The van der Waals surface area contributed by atoms with E-state index in [-0.39, 0.29) is 18.3 Å². The summed E-state index contributed by atoms with van der Waals surface area (Å²) < 4.78 is 13.1. The van der Waals surface area contributed by atoms with E-state index in [0.717, 1.165) is 16.3 Å². The summed E-state index contributed by atoms with van der Waals surface area (Å²) in [5, 5.41) is 22.0. The largest absolute Gasteiger partial charge is 0.387 e. The first kappa shape index (κ1) is 17.9. The van der Waals surface area contributed by atoms with Crippen molar-refractivity contribution in [2.24, 2.45) is 0 Å². The highest BCUT2D eigenvalue weighted by atomic mass is 19.1. The Balaban J connectivity index is 1.47. The van der Waals surface area contributed by atoms with Crippen molar-refractivity contribution in [1.82, 2.24) is 15.5 Å². The fraction of sp³-hybridized carbons (Fsp3) is 0.0909. The Morgan fingerprint density at radius 2 is 1.82 bits per heavy atom. The van der Waals surface area contributed by atoms with E-state index in [1.165, 1.54) is 18.3 Å². The molecule has 1 heterocycles. The Bertz CT molecular complexity index is 1120. The molecule has 1 amide bonds. The van der Waals surface area contributed by atoms with Crippen LogP contribution in [0.25, 0.3) is 22.0 Å². The van der Waals surface area contributed by atoms with Crippen LogP contribution in [-0.2, 0) is 0 Å². The van der Waals surface area contributed by atoms with Crippen LogP contribution in [0.1, 0.15) is 22.0 Å². The minimum absolute atomic E-state index is 0.0607. The summed E-state index contributed by atoms with van der Waals surface area (Å²) in [6.45, 7) is 0.0607. The van der Waals surface area contributed by atoms with Gasteiger partial charge in [0.1, 0.15) is 5.82 Å². The Hall–Kier alpha value is -3.51. The van der Waals surface area contributed by atoms with E-state index in [1.54, 1.807) is 12.1 Å². The van der Waals surface area contributed by atoms with E-state index >= 15 is 0 Å². The van der Waals surface area contributed by atoms with Crippen molar-refractivity contribution in [1.29, 1.82) is 0 Å². The number of amides is 1. The lowest BCUT2D eigenvalue weighted by Gasteiger charge is -2.13. The normalized spacial score (nSPS) is 12.1. The third-order valence-corrected chi connectivity index (χ3v) is 4.63. The number of nitrogens with zero attached hydrogens (tertiary/aromatic N) is 1. The molecule has 0 aliphatic carbocycles. The molecule has 5 nitrogen and oxygen atoms in total. The van der Waals surface area contributed by atoms with Crippen molar-refractivity contribution >= 4 is 16.7 Å². The number of benzene rings is 3. The predicted molar refractivity (Wildman–Crippen MR) is 105 cm³/mol. The van der Waals surface area contributed by atoms with Crippen molar-refractivity contribution in [3.05, 3.63) is 89.9 Å². The minimum Gasteiger partial charge on any atom is -0.387 e. The highest BCUT2D eigenvalue weighted by molar-refractivity contribution is 5.99. The van der Waals surface area contributed by atoms with Gasteiger partial charge >= 0.3 is 0 Å². The average molecular weight is 375 g/mol. The molecule has 0 saturated carbocycles. The van der Waals surface area contributed by atoms with Gasteiger partial charge in [0.05, 0.1) is 23.6 Å². The Morgan fingerprint density at radius 3 is 2.61 bits per heavy atom. The van der Waals surface area contributed by atoms with Gasteiger partial charge in [-0.25, -0.2) is 4.39 Å². The number of hydrogen-bond donors (Lipinski definition) is 3. The highest BCUT2D eigenvalue weighted by Crippen LogP contribution is 2.22. The number of aliphatic hydroxyl groups excluding tert-OH is 1. The lowest BCUT2D eigenvalue weighted by Crippen LogP contribution is -2.28. The van der Waals surface area contributed by atoms with Gasteiger partial charge in [-0.1, -0.05) is 36.4 Å². The van der Waals surface area contributed by atoms with E-state index in [2.05, 4.69) is 15.5 Å². The monoisotopic (exact) mass is 375 g/mol. The van der Waals surface area contributed by atoms with Crippen LogP contribution in [0.15, 0.2) is 72.9 Å². The number of nitrogens with one attached hydrogen (secondary N) is 2. The smallest absolute Gasteiger partial charge is 0.255 e. The van der Waals surface area contributed by atoms with Gasteiger partial charge in [0.2, 0.25) is 0 Å². The first-order valence-corrected chi connectivity index (χ1v) is 8.86. The molecule has 0 fully saturated rings. The number of aromatic nitrogens is 2. The zero-order valence-corrected chi connectivity index (χ0v) is 14.9. The van der Waals surface area contributed by atoms with Crippen LogP contribution in [0.2, 0.25) is 0 Å². The number of hydrogen-bond acceptors (Lipinski definition) is 3. The molecule has 4 rings (SSSR count). The van der Waals surface area contributed by atoms with Crippen LogP contribution in [0.4, 0.5) is 4.39 Å². The van der Waals surface area contributed by atoms with Gasteiger partial charge in [-0.15, -0.1) is 0 Å². The van der Waals surface area contributed by atoms with Gasteiger partial charge in [-0.3, -0.25) is 9.89 Å². The maximum absolute atomic E-state index is 13.1. The van der Waals surface area contributed by atoms with E-state index < -0.39 is 6.10 Å². The number of carbonyl (C=O) groups is 1. The zero-order chi connectivity index (χ0) is 19.5. The van der Waals surface area contributed by atoms with Gasteiger partial charge in [0, 0.05) is 12.1 Å². The van der Waals surface area contributed by atoms with E-state index in [9.17, 15) is 14.3 Å². The molecule has 1 atom stereocenters. The number of H-pyrrole nitrogens is 1. The molecule has 28 heavy (non-hydrogen) atoms. The van der Waals surface area contributed by atoms with Crippen molar-refractivity contribution in [2.45, 2.75) is 6.10 Å². The minimum atomic E-state index is -0.838. The number of halogens is 1. The molecule has 0 spiro atoms. The van der Waals surface area contributed by atoms with Crippen LogP contribution >= 0.6 is 0 Å². The molecule has 3 aromatic carbocycles. The molecule has 3 N–H and O–H groups in total. The first-order chi connectivity index (χ1) is 13.6. The topological polar surface area (TPSA) is 78.0 Å². The van der Waals surface area contributed by atoms with Crippen LogP contribution < -0.4 is 5.32 Å². The quantitative estimate of drug-likeness (QED) is 0.496. The molecule has 0 aliphatic heterocycles. The number of rotatable bonds is 5. The molecular formula is C22H18FN3O2. The molecule has 0 radical (unpaired) electrons. The Labute approximate surface area is 160 Å². The molecule has 1 aromatic heterocycles. The maximum atomic E-state index is 13.1. The lowest BCUT2D eigenvalue weighted by molar-refractivity contribution is 0.0917. The fourth-order valence-electron chi connectivity index (χ4n) is 3.11. The molecule has 140 valence electrons. The zero-order valence-electron chi connectivity index (χ0n) is 14.9. The third kappa shape index (κ3) is 3.63. The summed E-state index contributed by atoms with van der Waals surface area (Å²) >= 11 is 0. The summed E-state index contributed by atoms with van der Waals surface area (Å²) in [6, 6.07) is 19.4. The SMILES string of the molecule is O=C(NCC(O)c1ccc2ccccc2c1)c1cn[nH]c1-c1ccc(F)cc1. The fourth-order valence-corrected chi connectivity index (χ4v) is 3.11. The Kier molecular flexibility index (Phi) is 4.87. The summed E-state index contributed by atoms with van der Waals surface area (Å²) in [7, 11) is 0. The molecule has 0 aliphatic rings. The van der Waals surface area contributed by atoms with Crippen LogP contribution in [0, 0.1) is 5.82 Å². The average Bonchev–Trinajstić information content (AvgIpc) is 3.22. The molecule has 0 saturated heterocycles. The summed E-state index contributed by atoms with van der Waals surface area (Å²) in [4.78, 5) is 12.6. The van der Waals surface area contributed by atoms with Gasteiger partial charge in [-0.2, -0.15) is 5.10 Å². The van der Waals surface area contributed by atoms with Crippen molar-refractivity contribution in [3.63, 3.8) is 0 Å². The second kappa shape index (κ2) is 7.62. The summed E-state index contributed by atoms with van der Waals surface area (Å²) in [5.74, 6) is -0.722. The third-order valence-electron chi connectivity index (χ3n) is 4.63. The van der Waals surface area contributed by atoms with Crippen LogP contribution in [0.5, 0.6) is 0 Å². The number of fused-ring (bicyclic) bond motifs is 1. The first-order valence-electron chi connectivity index (χ1n) is 8.86. The van der Waals surface area contributed by atoms with Crippen molar-refractivity contribution in [2.75, 3.05) is 6.54 Å². The van der Waals surface area contributed by atoms with Crippen LogP contribution in [0.3, 0.4) is 0 Å². The summed E-state index contributed by atoms with van der Waals surface area (Å²) in [5.41, 5.74) is 2.21. The van der Waals surface area contributed by atoms with E-state index in [1.807, 2.05) is 42.5 Å². The molecule has 1 unspecified atom stereocenters. The predicted octanol–water partition coefficient (Wildman–Crippen LogP) is 3.83. The standard InChI is InChI=1S/C22H18FN3O2/c23-18-9-7-15(8-10-18)21-19(12-25-26-21)22(28)24-13-20(27)17-6-5-14-3-1-2-4-16(14)11-17/h1-12,20,27H,13H2,(H,24,28)(H,25,26). The molecule has 6 heteroatoms. The van der Waals surface area contributed by atoms with E-state index in [0.29, 0.717) is 16.8 Å². The van der Waals surface area contributed by atoms with Crippen molar-refractivity contribution in [3.8, 4) is 11.3 Å². The summed E-state index contributed by atoms with van der Waals surface area (Å²) in [6.07, 6.45) is 0.575.